The van der Waals surface area contributed by atoms with Gasteiger partial charge >= 0.3 is 5.97 Å². The standard InChI is InChI=1S/C17H25NO3/c1-5-8-18-14(11-17(19)20)9-13-6-7-16(21-4)15(10-13)12(2)3/h5-7,10,12,14,18H,1,8-9,11H2,2-4H3,(H,19,20). The lowest BCUT2D eigenvalue weighted by atomic mass is 9.96. The van der Waals surface area contributed by atoms with Crippen molar-refractivity contribution in [2.45, 2.75) is 38.6 Å². The van der Waals surface area contributed by atoms with Crippen molar-refractivity contribution in [2.75, 3.05) is 13.7 Å². The van der Waals surface area contributed by atoms with Crippen LogP contribution in [0.2, 0.25) is 0 Å². The van der Waals surface area contributed by atoms with Gasteiger partial charge in [0.15, 0.2) is 0 Å². The molecule has 1 aromatic carbocycles. The summed E-state index contributed by atoms with van der Waals surface area (Å²) in [5, 5.41) is 12.2. The normalized spacial score (nSPS) is 12.2. The Morgan fingerprint density at radius 2 is 2.19 bits per heavy atom. The minimum atomic E-state index is -0.797. The predicted octanol–water partition coefficient (Wildman–Crippen LogP) is 2.98. The van der Waals surface area contributed by atoms with Crippen LogP contribution in [0.1, 0.15) is 37.3 Å². The molecule has 0 saturated carbocycles. The Morgan fingerprint density at radius 3 is 2.71 bits per heavy atom. The minimum Gasteiger partial charge on any atom is -0.496 e. The SMILES string of the molecule is C=CCNC(CC(=O)O)Cc1ccc(OC)c(C(C)C)c1. The molecule has 1 aromatic rings. The number of hydrogen-bond acceptors (Lipinski definition) is 3. The first-order valence-corrected chi connectivity index (χ1v) is 7.20. The van der Waals surface area contributed by atoms with Crippen LogP contribution in [0, 0.1) is 0 Å². The van der Waals surface area contributed by atoms with Gasteiger partial charge in [-0.25, -0.2) is 0 Å². The smallest absolute Gasteiger partial charge is 0.304 e. The lowest BCUT2D eigenvalue weighted by Gasteiger charge is -2.18. The molecule has 0 heterocycles. The van der Waals surface area contributed by atoms with E-state index in [2.05, 4.69) is 31.8 Å². The summed E-state index contributed by atoms with van der Waals surface area (Å²) in [4.78, 5) is 11.0. The third kappa shape index (κ3) is 5.60. The largest absolute Gasteiger partial charge is 0.496 e. The molecule has 1 rings (SSSR count). The third-order valence-electron chi connectivity index (χ3n) is 3.37. The van der Waals surface area contributed by atoms with E-state index in [0.717, 1.165) is 16.9 Å². The monoisotopic (exact) mass is 291 g/mol. The molecule has 4 heteroatoms. The second kappa shape index (κ2) is 8.47. The van der Waals surface area contributed by atoms with Crippen molar-refractivity contribution in [2.24, 2.45) is 0 Å². The Bertz CT molecular complexity index is 483. The van der Waals surface area contributed by atoms with Crippen molar-refractivity contribution in [3.63, 3.8) is 0 Å². The van der Waals surface area contributed by atoms with Gasteiger partial charge in [0.25, 0.3) is 0 Å². The van der Waals surface area contributed by atoms with E-state index in [9.17, 15) is 4.79 Å². The van der Waals surface area contributed by atoms with E-state index in [-0.39, 0.29) is 12.5 Å². The fourth-order valence-electron chi connectivity index (χ4n) is 2.32. The molecule has 116 valence electrons. The highest BCUT2D eigenvalue weighted by atomic mass is 16.5. The number of rotatable bonds is 9. The summed E-state index contributed by atoms with van der Waals surface area (Å²) in [6, 6.07) is 5.95. The van der Waals surface area contributed by atoms with Crippen LogP contribution in [0.4, 0.5) is 0 Å². The zero-order valence-corrected chi connectivity index (χ0v) is 13.1. The van der Waals surface area contributed by atoms with E-state index in [0.29, 0.717) is 18.9 Å². The number of nitrogens with one attached hydrogen (secondary N) is 1. The Kier molecular flexibility index (Phi) is 6.96. The first kappa shape index (κ1) is 17.2. The highest BCUT2D eigenvalue weighted by molar-refractivity contribution is 5.67. The highest BCUT2D eigenvalue weighted by Crippen LogP contribution is 2.27. The molecule has 1 unspecified atom stereocenters. The molecule has 0 saturated heterocycles. The summed E-state index contributed by atoms with van der Waals surface area (Å²) in [5.41, 5.74) is 2.26. The average Bonchev–Trinajstić information content (AvgIpc) is 2.44. The van der Waals surface area contributed by atoms with Crippen molar-refractivity contribution in [3.05, 3.63) is 42.0 Å². The topological polar surface area (TPSA) is 58.6 Å². The van der Waals surface area contributed by atoms with Gasteiger partial charge in [-0.15, -0.1) is 6.58 Å². The molecular formula is C17H25NO3. The first-order chi connectivity index (χ1) is 9.97. The summed E-state index contributed by atoms with van der Waals surface area (Å²) >= 11 is 0. The van der Waals surface area contributed by atoms with Gasteiger partial charge in [0.1, 0.15) is 5.75 Å². The van der Waals surface area contributed by atoms with E-state index < -0.39 is 5.97 Å². The van der Waals surface area contributed by atoms with Crippen LogP contribution in [0.15, 0.2) is 30.9 Å². The van der Waals surface area contributed by atoms with E-state index in [1.807, 2.05) is 12.1 Å². The van der Waals surface area contributed by atoms with Crippen molar-refractivity contribution in [1.82, 2.24) is 5.32 Å². The van der Waals surface area contributed by atoms with E-state index in [4.69, 9.17) is 9.84 Å². The number of benzene rings is 1. The lowest BCUT2D eigenvalue weighted by Crippen LogP contribution is -2.33. The van der Waals surface area contributed by atoms with Gasteiger partial charge in [-0.2, -0.15) is 0 Å². The molecule has 1 atom stereocenters. The van der Waals surface area contributed by atoms with Crippen molar-refractivity contribution in [3.8, 4) is 5.75 Å². The van der Waals surface area contributed by atoms with Gasteiger partial charge in [0.05, 0.1) is 13.5 Å². The van der Waals surface area contributed by atoms with Gasteiger partial charge in [0, 0.05) is 12.6 Å². The average molecular weight is 291 g/mol. The van der Waals surface area contributed by atoms with Gasteiger partial charge in [-0.05, 0) is 29.5 Å². The molecular weight excluding hydrogens is 266 g/mol. The molecule has 0 amide bonds. The fraction of sp³-hybridized carbons (Fsp3) is 0.471. The van der Waals surface area contributed by atoms with Crippen LogP contribution in [-0.2, 0) is 11.2 Å². The second-order valence-electron chi connectivity index (χ2n) is 5.43. The Balaban J connectivity index is 2.89. The molecule has 0 spiro atoms. The van der Waals surface area contributed by atoms with Crippen molar-refractivity contribution >= 4 is 5.97 Å². The predicted molar refractivity (Wildman–Crippen MR) is 85.0 cm³/mol. The quantitative estimate of drug-likeness (QED) is 0.687. The Hall–Kier alpha value is -1.81. The number of hydrogen-bond donors (Lipinski definition) is 2. The maximum absolute atomic E-state index is 11.0. The molecule has 2 N–H and O–H groups in total. The molecule has 0 fully saturated rings. The van der Waals surface area contributed by atoms with Crippen LogP contribution in [0.3, 0.4) is 0 Å². The number of ether oxygens (including phenoxy) is 1. The summed E-state index contributed by atoms with van der Waals surface area (Å²) in [5.74, 6) is 0.440. The van der Waals surface area contributed by atoms with Gasteiger partial charge in [-0.1, -0.05) is 32.1 Å². The van der Waals surface area contributed by atoms with Gasteiger partial charge < -0.3 is 15.2 Å². The molecule has 21 heavy (non-hydrogen) atoms. The van der Waals surface area contributed by atoms with E-state index >= 15 is 0 Å². The Morgan fingerprint density at radius 1 is 1.48 bits per heavy atom. The van der Waals surface area contributed by atoms with E-state index in [1.165, 1.54) is 0 Å². The number of carbonyl (C=O) groups is 1. The molecule has 0 aliphatic carbocycles. The number of carboxylic acids is 1. The first-order valence-electron chi connectivity index (χ1n) is 7.20. The molecule has 0 bridgehead atoms. The van der Waals surface area contributed by atoms with Crippen molar-refractivity contribution < 1.29 is 14.6 Å². The van der Waals surface area contributed by atoms with Crippen LogP contribution < -0.4 is 10.1 Å². The summed E-state index contributed by atoms with van der Waals surface area (Å²) in [6.07, 6.45) is 2.50. The zero-order chi connectivity index (χ0) is 15.8. The molecule has 0 aromatic heterocycles. The second-order valence-corrected chi connectivity index (χ2v) is 5.43. The van der Waals surface area contributed by atoms with Crippen LogP contribution in [0.25, 0.3) is 0 Å². The highest BCUT2D eigenvalue weighted by Gasteiger charge is 2.15. The van der Waals surface area contributed by atoms with Crippen LogP contribution in [0.5, 0.6) is 5.75 Å². The summed E-state index contributed by atoms with van der Waals surface area (Å²) in [6.45, 7) is 8.49. The Labute approximate surface area is 126 Å². The molecule has 0 aliphatic rings. The summed E-state index contributed by atoms with van der Waals surface area (Å²) < 4.78 is 5.37. The molecule has 0 aliphatic heterocycles. The van der Waals surface area contributed by atoms with Crippen LogP contribution >= 0.6 is 0 Å². The van der Waals surface area contributed by atoms with Crippen LogP contribution in [-0.4, -0.2) is 30.8 Å². The maximum Gasteiger partial charge on any atom is 0.304 e. The number of carboxylic acid groups (broad SMARTS) is 1. The number of aliphatic carboxylic acids is 1. The summed E-state index contributed by atoms with van der Waals surface area (Å²) in [7, 11) is 1.67. The molecule has 0 radical (unpaired) electrons. The minimum absolute atomic E-state index is 0.0941. The van der Waals surface area contributed by atoms with Gasteiger partial charge in [0.2, 0.25) is 0 Å². The zero-order valence-electron chi connectivity index (χ0n) is 13.1. The van der Waals surface area contributed by atoms with Crippen molar-refractivity contribution in [1.29, 1.82) is 0 Å². The third-order valence-corrected chi connectivity index (χ3v) is 3.37. The fourth-order valence-corrected chi connectivity index (χ4v) is 2.32. The van der Waals surface area contributed by atoms with E-state index in [1.54, 1.807) is 13.2 Å². The lowest BCUT2D eigenvalue weighted by molar-refractivity contribution is -0.137. The van der Waals surface area contributed by atoms with Gasteiger partial charge in [-0.3, -0.25) is 4.79 Å². The molecule has 4 nitrogen and oxygen atoms in total. The number of methoxy groups -OCH3 is 1. The maximum atomic E-state index is 11.0.